The van der Waals surface area contributed by atoms with E-state index in [4.69, 9.17) is 4.98 Å². The largest absolute Gasteiger partial charge is 0.290 e. The molecule has 0 atom stereocenters. The maximum Gasteiger partial charge on any atom is 0.263 e. The molecule has 0 bridgehead atoms. The highest BCUT2D eigenvalue weighted by Gasteiger charge is 2.17. The molecule has 3 aromatic heterocycles. The number of nitrogens with zero attached hydrogens (tertiary/aromatic N) is 6. The summed E-state index contributed by atoms with van der Waals surface area (Å²) in [5.41, 5.74) is 4.43. The Morgan fingerprint density at radius 1 is 1.20 bits per heavy atom. The van der Waals surface area contributed by atoms with E-state index >= 15 is 0 Å². The minimum atomic E-state index is -0.0254. The number of tetrazole rings is 1. The molecule has 9 heteroatoms. The van der Waals surface area contributed by atoms with Gasteiger partial charge in [0.05, 0.1) is 11.1 Å². The van der Waals surface area contributed by atoms with Crippen molar-refractivity contribution in [1.82, 2.24) is 29.8 Å². The molecule has 3 heterocycles. The second-order valence-electron chi connectivity index (χ2n) is 7.35. The Hall–Kier alpha value is -2.52. The van der Waals surface area contributed by atoms with Gasteiger partial charge in [0.15, 0.2) is 11.0 Å². The minimum absolute atomic E-state index is 0.0254. The van der Waals surface area contributed by atoms with Crippen molar-refractivity contribution < 1.29 is 0 Å². The van der Waals surface area contributed by atoms with Crippen molar-refractivity contribution in [1.29, 1.82) is 0 Å². The summed E-state index contributed by atoms with van der Waals surface area (Å²) in [7, 11) is 1.78. The van der Waals surface area contributed by atoms with E-state index < -0.39 is 0 Å². The van der Waals surface area contributed by atoms with E-state index in [2.05, 4.69) is 54.5 Å². The predicted molar refractivity (Wildman–Crippen MR) is 122 cm³/mol. The van der Waals surface area contributed by atoms with Gasteiger partial charge < -0.3 is 0 Å². The first-order valence-electron chi connectivity index (χ1n) is 9.93. The van der Waals surface area contributed by atoms with Gasteiger partial charge in [0.1, 0.15) is 4.83 Å². The number of thiophene rings is 1. The van der Waals surface area contributed by atoms with E-state index in [0.717, 1.165) is 41.2 Å². The lowest BCUT2D eigenvalue weighted by Gasteiger charge is -2.09. The van der Waals surface area contributed by atoms with Crippen LogP contribution in [0.25, 0.3) is 21.3 Å². The van der Waals surface area contributed by atoms with Crippen LogP contribution in [0.3, 0.4) is 0 Å². The van der Waals surface area contributed by atoms with Gasteiger partial charge in [-0.1, -0.05) is 43.3 Å². The molecule has 1 aromatic carbocycles. The molecule has 0 radical (unpaired) electrons. The van der Waals surface area contributed by atoms with Crippen molar-refractivity contribution in [3.05, 3.63) is 50.9 Å². The van der Waals surface area contributed by atoms with Crippen molar-refractivity contribution in [3.8, 4) is 11.1 Å². The molecule has 0 unspecified atom stereocenters. The Balaban J connectivity index is 1.66. The van der Waals surface area contributed by atoms with Crippen molar-refractivity contribution in [3.63, 3.8) is 0 Å². The molecule has 4 rings (SSSR count). The summed E-state index contributed by atoms with van der Waals surface area (Å²) in [6.45, 7) is 7.12. The van der Waals surface area contributed by atoms with Crippen molar-refractivity contribution in [2.24, 2.45) is 7.05 Å². The minimum Gasteiger partial charge on any atom is -0.290 e. The van der Waals surface area contributed by atoms with E-state index in [1.54, 1.807) is 11.6 Å². The number of aryl methyl sites for hydroxylation is 3. The number of rotatable bonds is 7. The van der Waals surface area contributed by atoms with Crippen LogP contribution in [0.15, 0.2) is 33.5 Å². The summed E-state index contributed by atoms with van der Waals surface area (Å²) >= 11 is 3.00. The third-order valence-electron chi connectivity index (χ3n) is 5.25. The molecular formula is C21H24N6OS2. The Labute approximate surface area is 183 Å². The highest BCUT2D eigenvalue weighted by molar-refractivity contribution is 7.98. The first-order chi connectivity index (χ1) is 14.5. The number of fused-ring (bicyclic) bond motifs is 1. The van der Waals surface area contributed by atoms with E-state index in [0.29, 0.717) is 16.3 Å². The van der Waals surface area contributed by atoms with Gasteiger partial charge in [-0.25, -0.2) is 9.67 Å². The zero-order valence-electron chi connectivity index (χ0n) is 17.5. The molecule has 0 N–H and O–H groups in total. The Bertz CT molecular complexity index is 1260. The fourth-order valence-electron chi connectivity index (χ4n) is 3.24. The zero-order chi connectivity index (χ0) is 21.3. The maximum atomic E-state index is 13.2. The fraction of sp³-hybridized carbons (Fsp3) is 0.381. The van der Waals surface area contributed by atoms with Gasteiger partial charge in [0, 0.05) is 24.5 Å². The molecule has 0 aliphatic heterocycles. The van der Waals surface area contributed by atoms with Crippen LogP contribution in [-0.4, -0.2) is 29.8 Å². The summed E-state index contributed by atoms with van der Waals surface area (Å²) in [5.74, 6) is 1.36. The molecule has 0 saturated carbocycles. The smallest absolute Gasteiger partial charge is 0.263 e. The molecular weight excluding hydrogens is 416 g/mol. The van der Waals surface area contributed by atoms with Crippen LogP contribution in [0, 0.1) is 13.8 Å². The van der Waals surface area contributed by atoms with Crippen LogP contribution in [0.5, 0.6) is 0 Å². The second-order valence-corrected chi connectivity index (χ2v) is 9.15. The number of unbranched alkanes of at least 4 members (excludes halogenated alkanes) is 1. The monoisotopic (exact) mass is 440 g/mol. The fourth-order valence-corrected chi connectivity index (χ4v) is 5.13. The third-order valence-corrected chi connectivity index (χ3v) is 7.15. The molecule has 0 saturated heterocycles. The van der Waals surface area contributed by atoms with Gasteiger partial charge in [-0.2, -0.15) is 0 Å². The highest BCUT2D eigenvalue weighted by Crippen LogP contribution is 2.33. The molecule has 30 heavy (non-hydrogen) atoms. The molecule has 7 nitrogen and oxygen atoms in total. The van der Waals surface area contributed by atoms with Crippen molar-refractivity contribution >= 4 is 33.3 Å². The van der Waals surface area contributed by atoms with Crippen LogP contribution in [0.4, 0.5) is 0 Å². The Morgan fingerprint density at radius 2 is 2.03 bits per heavy atom. The molecule has 156 valence electrons. The van der Waals surface area contributed by atoms with Crippen LogP contribution in [-0.2, 0) is 19.3 Å². The number of aromatic nitrogens is 6. The molecule has 4 aromatic rings. The Kier molecular flexibility index (Phi) is 6.01. The number of hydrogen-bond donors (Lipinski definition) is 0. The Morgan fingerprint density at radius 3 is 2.80 bits per heavy atom. The quantitative estimate of drug-likeness (QED) is 0.314. The standard InChI is InChI=1S/C21H24N6OS2/c1-5-6-9-27-17(23-24-25-27)12-30-21-22-19-18(20(28)26(21)4)16(11-29-19)15-8-7-13(2)14(3)10-15/h7-8,10-11H,5-6,9,12H2,1-4H3. The first-order valence-corrected chi connectivity index (χ1v) is 11.8. The lowest BCUT2D eigenvalue weighted by molar-refractivity contribution is 0.540. The number of thioether (sulfide) groups is 1. The molecule has 0 fully saturated rings. The third kappa shape index (κ3) is 3.91. The van der Waals surface area contributed by atoms with Crippen molar-refractivity contribution in [2.75, 3.05) is 0 Å². The zero-order valence-corrected chi connectivity index (χ0v) is 19.2. The lowest BCUT2D eigenvalue weighted by Crippen LogP contribution is -2.19. The number of hydrogen-bond acceptors (Lipinski definition) is 7. The summed E-state index contributed by atoms with van der Waals surface area (Å²) in [6.07, 6.45) is 2.11. The predicted octanol–water partition coefficient (Wildman–Crippen LogP) is 4.36. The van der Waals surface area contributed by atoms with Gasteiger partial charge in [0.25, 0.3) is 5.56 Å². The van der Waals surface area contributed by atoms with E-state index in [1.807, 2.05) is 10.1 Å². The van der Waals surface area contributed by atoms with E-state index in [1.165, 1.54) is 34.2 Å². The number of benzene rings is 1. The van der Waals surface area contributed by atoms with Crippen LogP contribution < -0.4 is 5.56 Å². The molecule has 0 aliphatic rings. The van der Waals surface area contributed by atoms with Gasteiger partial charge in [0.2, 0.25) is 0 Å². The first kappa shape index (κ1) is 20.7. The van der Waals surface area contributed by atoms with Gasteiger partial charge in [-0.3, -0.25) is 9.36 Å². The lowest BCUT2D eigenvalue weighted by atomic mass is 10.0. The SMILES string of the molecule is CCCCn1nnnc1CSc1nc2scc(-c3ccc(C)c(C)c3)c2c(=O)n1C. The summed E-state index contributed by atoms with van der Waals surface area (Å²) < 4.78 is 3.46. The summed E-state index contributed by atoms with van der Waals surface area (Å²) in [5, 5.41) is 15.4. The maximum absolute atomic E-state index is 13.2. The van der Waals surface area contributed by atoms with Crippen LogP contribution in [0.1, 0.15) is 36.7 Å². The summed E-state index contributed by atoms with van der Waals surface area (Å²) in [6, 6.07) is 6.30. The van der Waals surface area contributed by atoms with Gasteiger partial charge in [-0.05, 0) is 47.4 Å². The van der Waals surface area contributed by atoms with Crippen LogP contribution in [0.2, 0.25) is 0 Å². The normalized spacial score (nSPS) is 11.5. The van der Waals surface area contributed by atoms with E-state index in [-0.39, 0.29) is 5.56 Å². The average molecular weight is 441 g/mol. The van der Waals surface area contributed by atoms with E-state index in [9.17, 15) is 4.79 Å². The summed E-state index contributed by atoms with van der Waals surface area (Å²) in [4.78, 5) is 18.7. The van der Waals surface area contributed by atoms with Gasteiger partial charge >= 0.3 is 0 Å². The van der Waals surface area contributed by atoms with Gasteiger partial charge in [-0.15, -0.1) is 16.4 Å². The average Bonchev–Trinajstić information content (AvgIpc) is 3.36. The highest BCUT2D eigenvalue weighted by atomic mass is 32.2. The van der Waals surface area contributed by atoms with Crippen molar-refractivity contribution in [2.45, 2.75) is 51.1 Å². The second kappa shape index (κ2) is 8.69. The molecule has 0 aliphatic carbocycles. The molecule has 0 spiro atoms. The molecule has 0 amide bonds. The topological polar surface area (TPSA) is 78.5 Å². The van der Waals surface area contributed by atoms with Crippen LogP contribution >= 0.6 is 23.1 Å².